The SMILES string of the molecule is COc1ccc(S(=O)(=O)N2CCOCC2)cc1C(=O)Nc1ccc(S(=O)(=O)N(C)C)cc1. The van der Waals surface area contributed by atoms with Crippen molar-refractivity contribution in [1.29, 1.82) is 0 Å². The van der Waals surface area contributed by atoms with E-state index >= 15 is 0 Å². The number of methoxy groups -OCH3 is 1. The molecule has 12 heteroatoms. The van der Waals surface area contributed by atoms with Crippen molar-refractivity contribution >= 4 is 31.6 Å². The number of hydrogen-bond acceptors (Lipinski definition) is 7. The van der Waals surface area contributed by atoms with Gasteiger partial charge in [0.1, 0.15) is 5.75 Å². The zero-order chi connectivity index (χ0) is 23.5. The first-order valence-corrected chi connectivity index (χ1v) is 12.6. The van der Waals surface area contributed by atoms with Crippen LogP contribution in [0, 0.1) is 0 Å². The number of ether oxygens (including phenoxy) is 2. The highest BCUT2D eigenvalue weighted by Crippen LogP contribution is 2.26. The van der Waals surface area contributed by atoms with E-state index in [0.29, 0.717) is 18.9 Å². The van der Waals surface area contributed by atoms with E-state index < -0.39 is 26.0 Å². The van der Waals surface area contributed by atoms with Crippen molar-refractivity contribution < 1.29 is 31.1 Å². The highest BCUT2D eigenvalue weighted by molar-refractivity contribution is 7.89. The highest BCUT2D eigenvalue weighted by atomic mass is 32.2. The summed E-state index contributed by atoms with van der Waals surface area (Å²) in [4.78, 5) is 12.9. The third kappa shape index (κ3) is 4.94. The summed E-state index contributed by atoms with van der Waals surface area (Å²) in [5, 5.41) is 2.64. The second-order valence-corrected chi connectivity index (χ2v) is 11.2. The molecule has 0 spiro atoms. The predicted octanol–water partition coefficient (Wildman–Crippen LogP) is 1.22. The Kier molecular flexibility index (Phi) is 7.20. The van der Waals surface area contributed by atoms with Gasteiger partial charge in [0.2, 0.25) is 20.0 Å². The molecular formula is C20H25N3O7S2. The highest BCUT2D eigenvalue weighted by Gasteiger charge is 2.28. The number of rotatable bonds is 7. The van der Waals surface area contributed by atoms with E-state index in [1.54, 1.807) is 0 Å². The summed E-state index contributed by atoms with van der Waals surface area (Å²) >= 11 is 0. The van der Waals surface area contributed by atoms with E-state index in [-0.39, 0.29) is 34.2 Å². The topological polar surface area (TPSA) is 122 Å². The molecule has 32 heavy (non-hydrogen) atoms. The van der Waals surface area contributed by atoms with E-state index in [0.717, 1.165) is 4.31 Å². The molecule has 1 amide bonds. The zero-order valence-electron chi connectivity index (χ0n) is 17.9. The molecule has 0 saturated carbocycles. The second kappa shape index (κ2) is 9.55. The van der Waals surface area contributed by atoms with Crippen molar-refractivity contribution in [2.45, 2.75) is 9.79 Å². The summed E-state index contributed by atoms with van der Waals surface area (Å²) in [5.41, 5.74) is 0.378. The summed E-state index contributed by atoms with van der Waals surface area (Å²) in [6.07, 6.45) is 0. The molecule has 174 valence electrons. The van der Waals surface area contributed by atoms with Crippen LogP contribution in [0.5, 0.6) is 5.75 Å². The van der Waals surface area contributed by atoms with Crippen LogP contribution in [0.25, 0.3) is 0 Å². The molecule has 10 nitrogen and oxygen atoms in total. The van der Waals surface area contributed by atoms with E-state index in [4.69, 9.17) is 9.47 Å². The molecule has 0 atom stereocenters. The molecule has 0 aromatic heterocycles. The minimum Gasteiger partial charge on any atom is -0.496 e. The Bertz CT molecular complexity index is 1190. The van der Waals surface area contributed by atoms with Gasteiger partial charge in [-0.15, -0.1) is 0 Å². The Morgan fingerprint density at radius 1 is 1.00 bits per heavy atom. The van der Waals surface area contributed by atoms with Gasteiger partial charge in [-0.2, -0.15) is 4.31 Å². The molecule has 1 aliphatic heterocycles. The van der Waals surface area contributed by atoms with Crippen molar-refractivity contribution in [2.75, 3.05) is 52.8 Å². The first-order chi connectivity index (χ1) is 15.1. The number of nitrogens with zero attached hydrogens (tertiary/aromatic N) is 2. The lowest BCUT2D eigenvalue weighted by Crippen LogP contribution is -2.40. The smallest absolute Gasteiger partial charge is 0.259 e. The minimum absolute atomic E-state index is 0.0298. The summed E-state index contributed by atoms with van der Waals surface area (Å²) in [7, 11) is -3.17. The van der Waals surface area contributed by atoms with Crippen LogP contribution in [0.1, 0.15) is 10.4 Å². The standard InChI is InChI=1S/C20H25N3O7S2/c1-22(2)31(25,26)16-6-4-15(5-7-16)21-20(24)18-14-17(8-9-19(18)29-3)32(27,28)23-10-12-30-13-11-23/h4-9,14H,10-13H2,1-3H3,(H,21,24). The fourth-order valence-corrected chi connectivity index (χ4v) is 5.42. The van der Waals surface area contributed by atoms with Gasteiger partial charge in [-0.3, -0.25) is 4.79 Å². The van der Waals surface area contributed by atoms with Crippen LogP contribution in [-0.4, -0.2) is 78.9 Å². The number of hydrogen-bond donors (Lipinski definition) is 1. The van der Waals surface area contributed by atoms with E-state index in [9.17, 15) is 21.6 Å². The van der Waals surface area contributed by atoms with E-state index in [2.05, 4.69) is 5.32 Å². The zero-order valence-corrected chi connectivity index (χ0v) is 19.6. The van der Waals surface area contributed by atoms with Gasteiger partial charge in [-0.1, -0.05) is 0 Å². The summed E-state index contributed by atoms with van der Waals surface area (Å²) in [6, 6.07) is 9.74. The maximum Gasteiger partial charge on any atom is 0.259 e. The normalized spacial score (nSPS) is 15.5. The number of sulfonamides is 2. The molecule has 1 saturated heterocycles. The molecule has 3 rings (SSSR count). The van der Waals surface area contributed by atoms with Gasteiger partial charge in [0.25, 0.3) is 5.91 Å². The number of carbonyl (C=O) groups is 1. The number of benzene rings is 2. The third-order valence-corrected chi connectivity index (χ3v) is 8.64. The van der Waals surface area contributed by atoms with Gasteiger partial charge in [0, 0.05) is 32.9 Å². The first-order valence-electron chi connectivity index (χ1n) is 9.67. The number of amides is 1. The fraction of sp³-hybridized carbons (Fsp3) is 0.350. The molecule has 1 aliphatic rings. The molecule has 1 N–H and O–H groups in total. The largest absolute Gasteiger partial charge is 0.496 e. The summed E-state index contributed by atoms with van der Waals surface area (Å²) in [5.74, 6) is -0.390. The molecule has 2 aromatic carbocycles. The van der Waals surface area contributed by atoms with Gasteiger partial charge >= 0.3 is 0 Å². The van der Waals surface area contributed by atoms with Crippen LogP contribution in [0.2, 0.25) is 0 Å². The van der Waals surface area contributed by atoms with Crippen LogP contribution in [0.15, 0.2) is 52.3 Å². The Hall–Kier alpha value is -2.51. The van der Waals surface area contributed by atoms with Crippen LogP contribution in [0.4, 0.5) is 5.69 Å². The summed E-state index contributed by atoms with van der Waals surface area (Å²) < 4.78 is 63.1. The Balaban J connectivity index is 1.87. The van der Waals surface area contributed by atoms with Gasteiger partial charge in [-0.05, 0) is 42.5 Å². The van der Waals surface area contributed by atoms with Crippen LogP contribution in [-0.2, 0) is 24.8 Å². The van der Waals surface area contributed by atoms with Crippen LogP contribution >= 0.6 is 0 Å². The van der Waals surface area contributed by atoms with Crippen molar-refractivity contribution in [3.8, 4) is 5.75 Å². The van der Waals surface area contributed by atoms with Gasteiger partial charge in [-0.25, -0.2) is 21.1 Å². The van der Waals surface area contributed by atoms with Crippen molar-refractivity contribution in [3.05, 3.63) is 48.0 Å². The van der Waals surface area contributed by atoms with Crippen molar-refractivity contribution in [3.63, 3.8) is 0 Å². The molecule has 2 aromatic rings. The lowest BCUT2D eigenvalue weighted by molar-refractivity contribution is 0.0730. The molecule has 0 bridgehead atoms. The van der Waals surface area contributed by atoms with Crippen LogP contribution in [0.3, 0.4) is 0 Å². The molecule has 1 fully saturated rings. The number of carbonyl (C=O) groups excluding carboxylic acids is 1. The Morgan fingerprint density at radius 3 is 2.16 bits per heavy atom. The maximum absolute atomic E-state index is 12.9. The predicted molar refractivity (Wildman–Crippen MR) is 118 cm³/mol. The quantitative estimate of drug-likeness (QED) is 0.628. The molecule has 0 aliphatic carbocycles. The monoisotopic (exact) mass is 483 g/mol. The lowest BCUT2D eigenvalue weighted by atomic mass is 10.2. The van der Waals surface area contributed by atoms with Crippen molar-refractivity contribution in [1.82, 2.24) is 8.61 Å². The molecule has 1 heterocycles. The van der Waals surface area contributed by atoms with E-state index in [1.807, 2.05) is 0 Å². The van der Waals surface area contributed by atoms with Crippen LogP contribution < -0.4 is 10.1 Å². The minimum atomic E-state index is -3.80. The lowest BCUT2D eigenvalue weighted by Gasteiger charge is -2.26. The first kappa shape index (κ1) is 24.1. The third-order valence-electron chi connectivity index (χ3n) is 4.91. The number of nitrogens with one attached hydrogen (secondary N) is 1. The van der Waals surface area contributed by atoms with Gasteiger partial charge in [0.05, 0.1) is 35.7 Å². The fourth-order valence-electron chi connectivity index (χ4n) is 3.08. The second-order valence-electron chi connectivity index (χ2n) is 7.14. The molecular weight excluding hydrogens is 458 g/mol. The van der Waals surface area contributed by atoms with E-state index in [1.165, 1.54) is 68.0 Å². The van der Waals surface area contributed by atoms with Gasteiger partial charge in [0.15, 0.2) is 0 Å². The molecule has 0 unspecified atom stereocenters. The average molecular weight is 484 g/mol. The van der Waals surface area contributed by atoms with Crippen molar-refractivity contribution in [2.24, 2.45) is 0 Å². The number of anilines is 1. The molecule has 0 radical (unpaired) electrons. The maximum atomic E-state index is 12.9. The van der Waals surface area contributed by atoms with Gasteiger partial charge < -0.3 is 14.8 Å². The Morgan fingerprint density at radius 2 is 1.59 bits per heavy atom. The number of morpholine rings is 1. The average Bonchev–Trinajstić information content (AvgIpc) is 2.79. The Labute approximate surface area is 187 Å². The summed E-state index contributed by atoms with van der Waals surface area (Å²) in [6.45, 7) is 1.08.